The molecule has 0 aliphatic heterocycles. The van der Waals surface area contributed by atoms with Gasteiger partial charge in [-0.05, 0) is 31.2 Å². The minimum atomic E-state index is -4.81. The van der Waals surface area contributed by atoms with E-state index in [0.29, 0.717) is 5.56 Å². The van der Waals surface area contributed by atoms with Gasteiger partial charge in [-0.2, -0.15) is 23.5 Å². The molecule has 144 valence electrons. The summed E-state index contributed by atoms with van der Waals surface area (Å²) in [7, 11) is -2.87. The van der Waals surface area contributed by atoms with Gasteiger partial charge in [0.15, 0.2) is 5.69 Å². The topological polar surface area (TPSA) is 87.8 Å². The number of anilines is 1. The fourth-order valence-corrected chi connectivity index (χ4v) is 3.03. The van der Waals surface area contributed by atoms with Gasteiger partial charge in [0, 0.05) is 11.3 Å². The number of hydrogen-bond acceptors (Lipinski definition) is 4. The molecule has 28 heavy (non-hydrogen) atoms. The number of aryl methyl sites for hydroxylation is 1. The van der Waals surface area contributed by atoms with Crippen LogP contribution >= 0.6 is 0 Å². The number of nitriles is 1. The Morgan fingerprint density at radius 3 is 2.18 bits per heavy atom. The van der Waals surface area contributed by atoms with E-state index in [1.807, 2.05) is 6.92 Å². The van der Waals surface area contributed by atoms with Crippen LogP contribution in [0.2, 0.25) is 0 Å². The van der Waals surface area contributed by atoms with Gasteiger partial charge in [0.05, 0.1) is 11.4 Å². The fourth-order valence-electron chi connectivity index (χ4n) is 2.67. The lowest BCUT2D eigenvalue weighted by atomic mass is 10.0. The zero-order valence-electron chi connectivity index (χ0n) is 14.4. The maximum Gasteiger partial charge on any atom is 0.436 e. The molecule has 0 spiro atoms. The molecule has 0 radical (unpaired) electrons. The molecule has 0 bridgehead atoms. The molecule has 0 amide bonds. The molecule has 10 heteroatoms. The van der Waals surface area contributed by atoms with Crippen LogP contribution in [0.3, 0.4) is 0 Å². The molecule has 6 nitrogen and oxygen atoms in total. The van der Waals surface area contributed by atoms with Gasteiger partial charge in [-0.15, -0.1) is 0 Å². The molecule has 0 unspecified atom stereocenters. The molecule has 0 aliphatic carbocycles. The van der Waals surface area contributed by atoms with Crippen molar-refractivity contribution in [1.29, 1.82) is 5.26 Å². The third kappa shape index (κ3) is 3.84. The molecule has 0 aliphatic rings. The standard InChI is InChI=1S/C18H13F3N4O2S/c1-11-2-4-12(5-3-11)16-15(10-22)17(18(19,20)21)23-25(16)14-8-6-13(7-9-14)24-28(26)27/h2-9,28H,1H3,(H,24,26,27). The number of aromatic nitrogens is 2. The Labute approximate surface area is 159 Å². The second-order valence-corrected chi connectivity index (χ2v) is 6.61. The SMILES string of the molecule is Cc1ccc(-c2c(C#N)c(C(F)(F)F)nn2-c2ccc(N[SH](=O)=O)cc2)cc1. The van der Waals surface area contributed by atoms with Crippen LogP contribution in [0.15, 0.2) is 48.5 Å². The van der Waals surface area contributed by atoms with Gasteiger partial charge in [0.2, 0.25) is 10.9 Å². The Morgan fingerprint density at radius 2 is 1.68 bits per heavy atom. The van der Waals surface area contributed by atoms with E-state index in [1.165, 1.54) is 24.3 Å². The van der Waals surface area contributed by atoms with E-state index in [4.69, 9.17) is 0 Å². The Balaban J connectivity index is 2.23. The molecule has 1 N–H and O–H groups in total. The third-order valence-corrected chi connectivity index (χ3v) is 4.36. The highest BCUT2D eigenvalue weighted by Crippen LogP contribution is 2.37. The minimum Gasteiger partial charge on any atom is -0.286 e. The number of halogens is 3. The van der Waals surface area contributed by atoms with Gasteiger partial charge in [-0.3, -0.25) is 4.72 Å². The van der Waals surface area contributed by atoms with Gasteiger partial charge in [-0.25, -0.2) is 13.1 Å². The van der Waals surface area contributed by atoms with Crippen LogP contribution in [0.1, 0.15) is 16.8 Å². The monoisotopic (exact) mass is 406 g/mol. The quantitative estimate of drug-likeness (QED) is 0.647. The van der Waals surface area contributed by atoms with Crippen LogP contribution in [0.5, 0.6) is 0 Å². The lowest BCUT2D eigenvalue weighted by Gasteiger charge is -2.09. The first-order valence-corrected chi connectivity index (χ1v) is 9.07. The van der Waals surface area contributed by atoms with Crippen molar-refractivity contribution in [3.63, 3.8) is 0 Å². The highest BCUT2D eigenvalue weighted by Gasteiger charge is 2.40. The number of thiol groups is 1. The fraction of sp³-hybridized carbons (Fsp3) is 0.111. The van der Waals surface area contributed by atoms with Crippen LogP contribution in [0.25, 0.3) is 16.9 Å². The molecule has 0 atom stereocenters. The van der Waals surface area contributed by atoms with E-state index in [9.17, 15) is 26.9 Å². The largest absolute Gasteiger partial charge is 0.436 e. The summed E-state index contributed by atoms with van der Waals surface area (Å²) in [5.41, 5.74) is -0.0572. The van der Waals surface area contributed by atoms with Crippen LogP contribution in [0.4, 0.5) is 18.9 Å². The number of nitrogens with one attached hydrogen (secondary N) is 1. The predicted octanol–water partition coefficient (Wildman–Crippen LogP) is 3.68. The van der Waals surface area contributed by atoms with Crippen molar-refractivity contribution in [2.45, 2.75) is 13.1 Å². The highest BCUT2D eigenvalue weighted by atomic mass is 32.2. The summed E-state index contributed by atoms with van der Waals surface area (Å²) in [5, 5.41) is 13.0. The van der Waals surface area contributed by atoms with Crippen molar-refractivity contribution in [2.24, 2.45) is 0 Å². The number of alkyl halides is 3. The van der Waals surface area contributed by atoms with E-state index in [0.717, 1.165) is 10.2 Å². The third-order valence-electron chi connectivity index (χ3n) is 3.92. The number of rotatable bonds is 4. The van der Waals surface area contributed by atoms with Crippen molar-refractivity contribution >= 4 is 16.6 Å². The van der Waals surface area contributed by atoms with Crippen LogP contribution in [0, 0.1) is 18.3 Å². The number of benzene rings is 2. The zero-order valence-corrected chi connectivity index (χ0v) is 15.3. The Kier molecular flexibility index (Phi) is 5.11. The molecule has 1 aromatic heterocycles. The van der Waals surface area contributed by atoms with Crippen LogP contribution in [-0.4, -0.2) is 18.2 Å². The summed E-state index contributed by atoms with van der Waals surface area (Å²) < 4.78 is 65.0. The molecule has 2 aromatic carbocycles. The number of nitrogens with zero attached hydrogens (tertiary/aromatic N) is 3. The average Bonchev–Trinajstić information content (AvgIpc) is 3.02. The van der Waals surface area contributed by atoms with Crippen LogP contribution < -0.4 is 4.72 Å². The Hall–Kier alpha value is -3.32. The van der Waals surface area contributed by atoms with E-state index >= 15 is 0 Å². The summed E-state index contributed by atoms with van der Waals surface area (Å²) in [5.74, 6) is 0. The van der Waals surface area contributed by atoms with Crippen LogP contribution in [-0.2, 0) is 17.1 Å². The van der Waals surface area contributed by atoms with E-state index < -0.39 is 28.3 Å². The molecule has 1 heterocycles. The Bertz CT molecular complexity index is 1120. The molecular weight excluding hydrogens is 393 g/mol. The first-order valence-electron chi connectivity index (χ1n) is 7.89. The first-order chi connectivity index (χ1) is 13.2. The zero-order chi connectivity index (χ0) is 20.5. The van der Waals surface area contributed by atoms with Crippen molar-refractivity contribution in [3.05, 3.63) is 65.4 Å². The summed E-state index contributed by atoms with van der Waals surface area (Å²) in [6.07, 6.45) is -4.81. The van der Waals surface area contributed by atoms with Gasteiger partial charge in [0.25, 0.3) is 0 Å². The first kappa shape index (κ1) is 19.4. The van der Waals surface area contributed by atoms with Crippen molar-refractivity contribution < 1.29 is 21.6 Å². The van der Waals surface area contributed by atoms with E-state index in [-0.39, 0.29) is 17.1 Å². The van der Waals surface area contributed by atoms with Crippen molar-refractivity contribution in [3.8, 4) is 23.0 Å². The van der Waals surface area contributed by atoms with Gasteiger partial charge in [0.1, 0.15) is 11.6 Å². The molecule has 3 aromatic rings. The molecule has 0 saturated heterocycles. The average molecular weight is 406 g/mol. The van der Waals surface area contributed by atoms with Crippen molar-refractivity contribution in [2.75, 3.05) is 4.72 Å². The molecular formula is C18H13F3N4O2S. The summed E-state index contributed by atoms with van der Waals surface area (Å²) >= 11 is 0. The molecule has 0 fully saturated rings. The minimum absolute atomic E-state index is 0.00503. The summed E-state index contributed by atoms with van der Waals surface area (Å²) in [6.45, 7) is 1.83. The summed E-state index contributed by atoms with van der Waals surface area (Å²) in [4.78, 5) is 0. The van der Waals surface area contributed by atoms with E-state index in [1.54, 1.807) is 30.3 Å². The lowest BCUT2D eigenvalue weighted by Crippen LogP contribution is -2.08. The molecule has 0 saturated carbocycles. The maximum absolute atomic E-state index is 13.4. The second kappa shape index (κ2) is 7.36. The number of hydrogen-bond donors (Lipinski definition) is 2. The predicted molar refractivity (Wildman–Crippen MR) is 97.4 cm³/mol. The van der Waals surface area contributed by atoms with Gasteiger partial charge in [-0.1, -0.05) is 29.8 Å². The van der Waals surface area contributed by atoms with E-state index in [2.05, 4.69) is 9.82 Å². The maximum atomic E-state index is 13.4. The lowest BCUT2D eigenvalue weighted by molar-refractivity contribution is -0.141. The smallest absolute Gasteiger partial charge is 0.286 e. The second-order valence-electron chi connectivity index (χ2n) is 5.88. The molecule has 3 rings (SSSR count). The van der Waals surface area contributed by atoms with Crippen molar-refractivity contribution in [1.82, 2.24) is 9.78 Å². The highest BCUT2D eigenvalue weighted by molar-refractivity contribution is 7.73. The van der Waals surface area contributed by atoms with Gasteiger partial charge >= 0.3 is 6.18 Å². The van der Waals surface area contributed by atoms with Gasteiger partial charge < -0.3 is 0 Å². The Morgan fingerprint density at radius 1 is 1.07 bits per heavy atom. The summed E-state index contributed by atoms with van der Waals surface area (Å²) in [6, 6.07) is 13.9. The normalized spacial score (nSPS) is 11.4.